The Balaban J connectivity index is 2.11. The molecular weight excluding hydrogens is 384 g/mol. The van der Waals surface area contributed by atoms with Crippen molar-refractivity contribution in [3.8, 4) is 0 Å². The zero-order chi connectivity index (χ0) is 14.8. The normalized spacial score (nSPS) is 19.7. The number of rotatable bonds is 3. The number of anilines is 1. The third-order valence-corrected chi connectivity index (χ3v) is 5.26. The molecule has 1 aromatic carbocycles. The molecule has 0 saturated carbocycles. The molecule has 3 nitrogen and oxygen atoms in total. The van der Waals surface area contributed by atoms with Gasteiger partial charge < -0.3 is 10.6 Å². The first kappa shape index (κ1) is 16.0. The first-order valence-electron chi connectivity index (χ1n) is 6.88. The Labute approximate surface area is 137 Å². The summed E-state index contributed by atoms with van der Waals surface area (Å²) in [6.07, 6.45) is 2.25. The quantitative estimate of drug-likeness (QED) is 0.794. The Morgan fingerprint density at radius 3 is 2.80 bits per heavy atom. The second kappa shape index (κ2) is 6.58. The van der Waals surface area contributed by atoms with E-state index in [1.54, 1.807) is 0 Å². The van der Waals surface area contributed by atoms with Crippen LogP contribution in [0.1, 0.15) is 26.7 Å². The molecule has 0 aromatic heterocycles. The minimum Gasteiger partial charge on any atom is -0.325 e. The number of amides is 1. The molecule has 110 valence electrons. The number of carbonyl (C=O) groups excluding carboxylic acids is 1. The number of halogens is 2. The van der Waals surface area contributed by atoms with Crippen molar-refractivity contribution < 1.29 is 4.79 Å². The van der Waals surface area contributed by atoms with E-state index in [0.29, 0.717) is 5.92 Å². The van der Waals surface area contributed by atoms with Crippen LogP contribution in [-0.2, 0) is 4.79 Å². The van der Waals surface area contributed by atoms with Crippen molar-refractivity contribution in [2.24, 2.45) is 11.3 Å². The number of carbonyl (C=O) groups is 1. The van der Waals surface area contributed by atoms with Gasteiger partial charge in [0.2, 0.25) is 5.91 Å². The van der Waals surface area contributed by atoms with Gasteiger partial charge in [0.25, 0.3) is 0 Å². The van der Waals surface area contributed by atoms with Crippen LogP contribution in [0, 0.1) is 11.3 Å². The van der Waals surface area contributed by atoms with Gasteiger partial charge in [-0.3, -0.25) is 4.79 Å². The highest BCUT2D eigenvalue weighted by Crippen LogP contribution is 2.34. The van der Waals surface area contributed by atoms with Crippen LogP contribution in [0.15, 0.2) is 27.1 Å². The fourth-order valence-corrected chi connectivity index (χ4v) is 3.24. The second-order valence-electron chi connectivity index (χ2n) is 5.84. The lowest BCUT2D eigenvalue weighted by atomic mass is 9.74. The molecule has 1 aromatic rings. The lowest BCUT2D eigenvalue weighted by molar-refractivity contribution is -0.127. The second-order valence-corrected chi connectivity index (χ2v) is 7.61. The first-order valence-corrected chi connectivity index (χ1v) is 8.47. The monoisotopic (exact) mass is 402 g/mol. The predicted octanol–water partition coefficient (Wildman–Crippen LogP) is 4.18. The van der Waals surface area contributed by atoms with Crippen molar-refractivity contribution in [3.63, 3.8) is 0 Å². The van der Waals surface area contributed by atoms with Gasteiger partial charge in [0.05, 0.1) is 5.69 Å². The summed E-state index contributed by atoms with van der Waals surface area (Å²) < 4.78 is 1.85. The Bertz CT molecular complexity index is 497. The molecule has 1 atom stereocenters. The molecule has 2 N–H and O–H groups in total. The van der Waals surface area contributed by atoms with E-state index in [1.807, 2.05) is 32.0 Å². The van der Waals surface area contributed by atoms with Gasteiger partial charge in [-0.25, -0.2) is 0 Å². The van der Waals surface area contributed by atoms with Crippen LogP contribution in [-0.4, -0.2) is 19.0 Å². The van der Waals surface area contributed by atoms with E-state index in [-0.39, 0.29) is 11.3 Å². The van der Waals surface area contributed by atoms with Gasteiger partial charge in [0.15, 0.2) is 0 Å². The average molecular weight is 404 g/mol. The summed E-state index contributed by atoms with van der Waals surface area (Å²) in [5.74, 6) is 0.451. The van der Waals surface area contributed by atoms with E-state index < -0.39 is 0 Å². The molecule has 0 bridgehead atoms. The van der Waals surface area contributed by atoms with Gasteiger partial charge in [-0.05, 0) is 66.0 Å². The topological polar surface area (TPSA) is 41.1 Å². The molecule has 1 aliphatic rings. The molecule has 0 aliphatic carbocycles. The highest BCUT2D eigenvalue weighted by molar-refractivity contribution is 9.11. The molecule has 20 heavy (non-hydrogen) atoms. The minimum absolute atomic E-state index is 0.0741. The van der Waals surface area contributed by atoms with Crippen LogP contribution in [0.4, 0.5) is 5.69 Å². The van der Waals surface area contributed by atoms with Gasteiger partial charge in [-0.2, -0.15) is 0 Å². The van der Waals surface area contributed by atoms with Gasteiger partial charge in [-0.1, -0.05) is 29.8 Å². The Morgan fingerprint density at radius 2 is 2.15 bits per heavy atom. The van der Waals surface area contributed by atoms with Gasteiger partial charge >= 0.3 is 0 Å². The molecule has 0 radical (unpaired) electrons. The van der Waals surface area contributed by atoms with Crippen LogP contribution in [0.5, 0.6) is 0 Å². The maximum Gasteiger partial charge on any atom is 0.230 e. The Hall–Kier alpha value is -0.390. The van der Waals surface area contributed by atoms with E-state index in [2.05, 4.69) is 42.5 Å². The molecule has 1 amide bonds. The third kappa shape index (κ3) is 3.62. The van der Waals surface area contributed by atoms with Gasteiger partial charge in [0.1, 0.15) is 0 Å². The van der Waals surface area contributed by atoms with E-state index in [9.17, 15) is 4.79 Å². The molecule has 5 heteroatoms. The number of benzene rings is 1. The molecule has 1 fully saturated rings. The van der Waals surface area contributed by atoms with Crippen molar-refractivity contribution in [3.05, 3.63) is 27.1 Å². The number of hydrogen-bond donors (Lipinski definition) is 2. The van der Waals surface area contributed by atoms with Crippen molar-refractivity contribution in [1.82, 2.24) is 5.32 Å². The third-order valence-electron chi connectivity index (χ3n) is 4.08. The first-order chi connectivity index (χ1) is 9.41. The lowest BCUT2D eigenvalue weighted by Crippen LogP contribution is -2.44. The summed E-state index contributed by atoms with van der Waals surface area (Å²) in [5.41, 5.74) is 0.427. The summed E-state index contributed by atoms with van der Waals surface area (Å²) in [5, 5.41) is 6.43. The highest BCUT2D eigenvalue weighted by atomic mass is 79.9. The number of hydrogen-bond acceptors (Lipinski definition) is 2. The van der Waals surface area contributed by atoms with Crippen molar-refractivity contribution in [1.29, 1.82) is 0 Å². The SMILES string of the molecule is CC(C)(C(=O)Nc1cc(Br)ccc1Br)C1CCCNC1. The zero-order valence-electron chi connectivity index (χ0n) is 11.8. The van der Waals surface area contributed by atoms with Crippen molar-refractivity contribution >= 4 is 43.5 Å². The largest absolute Gasteiger partial charge is 0.325 e. The smallest absolute Gasteiger partial charge is 0.230 e. The summed E-state index contributed by atoms with van der Waals surface area (Å²) in [4.78, 5) is 12.6. The van der Waals surface area contributed by atoms with Crippen LogP contribution in [0.3, 0.4) is 0 Å². The average Bonchev–Trinajstić information content (AvgIpc) is 2.43. The molecule has 1 unspecified atom stereocenters. The van der Waals surface area contributed by atoms with Crippen LogP contribution in [0.2, 0.25) is 0 Å². The summed E-state index contributed by atoms with van der Waals surface area (Å²) in [7, 11) is 0. The predicted molar refractivity (Wildman–Crippen MR) is 89.8 cm³/mol. The number of piperidine rings is 1. The van der Waals surface area contributed by atoms with Crippen molar-refractivity contribution in [2.75, 3.05) is 18.4 Å². The lowest BCUT2D eigenvalue weighted by Gasteiger charge is -2.36. The Morgan fingerprint density at radius 1 is 1.40 bits per heavy atom. The molecular formula is C15H20Br2N2O. The molecule has 0 spiro atoms. The summed E-state index contributed by atoms with van der Waals surface area (Å²) >= 11 is 6.90. The van der Waals surface area contributed by atoms with E-state index in [4.69, 9.17) is 0 Å². The highest BCUT2D eigenvalue weighted by Gasteiger charge is 2.37. The maximum atomic E-state index is 12.6. The zero-order valence-corrected chi connectivity index (χ0v) is 15.0. The van der Waals surface area contributed by atoms with Crippen LogP contribution in [0.25, 0.3) is 0 Å². The summed E-state index contributed by atoms with van der Waals surface area (Å²) in [6, 6.07) is 5.78. The number of nitrogens with one attached hydrogen (secondary N) is 2. The maximum absolute atomic E-state index is 12.6. The van der Waals surface area contributed by atoms with E-state index >= 15 is 0 Å². The van der Waals surface area contributed by atoms with Crippen LogP contribution >= 0.6 is 31.9 Å². The fourth-order valence-electron chi connectivity index (χ4n) is 2.53. The van der Waals surface area contributed by atoms with Crippen LogP contribution < -0.4 is 10.6 Å². The van der Waals surface area contributed by atoms with E-state index in [0.717, 1.165) is 40.6 Å². The minimum atomic E-state index is -0.380. The molecule has 1 heterocycles. The van der Waals surface area contributed by atoms with E-state index in [1.165, 1.54) is 0 Å². The fraction of sp³-hybridized carbons (Fsp3) is 0.533. The van der Waals surface area contributed by atoms with Gasteiger partial charge in [0, 0.05) is 14.4 Å². The van der Waals surface area contributed by atoms with Gasteiger partial charge in [-0.15, -0.1) is 0 Å². The van der Waals surface area contributed by atoms with Crippen molar-refractivity contribution in [2.45, 2.75) is 26.7 Å². The Kier molecular flexibility index (Phi) is 5.26. The molecule has 1 aliphatic heterocycles. The molecule has 2 rings (SSSR count). The standard InChI is InChI=1S/C15H20Br2N2O/c1-15(2,10-4-3-7-18-9-10)14(20)19-13-8-11(16)5-6-12(13)17/h5-6,8,10,18H,3-4,7,9H2,1-2H3,(H,19,20). The molecule has 1 saturated heterocycles. The summed E-state index contributed by atoms with van der Waals surface area (Å²) in [6.45, 7) is 6.04.